The molecule has 0 amide bonds. The molecule has 0 atom stereocenters. The van der Waals surface area contributed by atoms with E-state index < -0.39 is 3.49 Å². The van der Waals surface area contributed by atoms with Gasteiger partial charge < -0.3 is 0 Å². The average molecular weight is 220 g/mol. The normalized spacial score (nSPS) is 11.2. The van der Waals surface area contributed by atoms with Gasteiger partial charge in [-0.3, -0.25) is 4.79 Å². The van der Waals surface area contributed by atoms with Crippen molar-refractivity contribution in [3.8, 4) is 0 Å². The van der Waals surface area contributed by atoms with Gasteiger partial charge in [-0.1, -0.05) is 0 Å². The Hall–Kier alpha value is 0.560. The van der Waals surface area contributed by atoms with Crippen LogP contribution in [0.4, 0.5) is 4.39 Å². The first-order valence-corrected chi connectivity index (χ1v) is 2.68. The number of hydrogen-bond donors (Lipinski definition) is 0. The zero-order valence-electron chi connectivity index (χ0n) is 2.62. The van der Waals surface area contributed by atoms with Crippen LogP contribution in [-0.4, -0.2) is 9.77 Å². The van der Waals surface area contributed by atoms with Crippen molar-refractivity contribution < 1.29 is 9.18 Å². The molecule has 0 N–H and O–H groups in total. The van der Waals surface area contributed by atoms with E-state index in [1.807, 2.05) is 0 Å². The lowest BCUT2D eigenvalue weighted by Gasteiger charge is -1.92. The van der Waals surface area contributed by atoms with Gasteiger partial charge in [0.1, 0.15) is 0 Å². The molecule has 0 saturated heterocycles. The van der Waals surface area contributed by atoms with Crippen LogP contribution in [0.25, 0.3) is 0 Å². The van der Waals surface area contributed by atoms with Gasteiger partial charge in [0.25, 0.3) is 3.49 Å². The van der Waals surface area contributed by atoms with Crippen LogP contribution in [0.5, 0.6) is 0 Å². The molecule has 0 aromatic heterocycles. The minimum Gasteiger partial charge on any atom is -0.298 e. The summed E-state index contributed by atoms with van der Waals surface area (Å²) in [5, 5.41) is 0. The molecule has 0 unspecified atom stereocenters. The van der Waals surface area contributed by atoms with Gasteiger partial charge in [-0.2, -0.15) is 0 Å². The van der Waals surface area contributed by atoms with Crippen LogP contribution in [0, 0.1) is 0 Å². The fraction of sp³-hybridized carbons (Fsp3) is 0.500. The van der Waals surface area contributed by atoms with Crippen LogP contribution < -0.4 is 0 Å². The highest BCUT2D eigenvalue weighted by Gasteiger charge is 2.17. The number of halogens is 3. The van der Waals surface area contributed by atoms with E-state index in [0.29, 0.717) is 0 Å². The molecule has 6 heavy (non-hydrogen) atoms. The first-order valence-electron chi connectivity index (χ1n) is 1.09. The van der Waals surface area contributed by atoms with Crippen molar-refractivity contribution in [2.24, 2.45) is 0 Å². The zero-order chi connectivity index (χ0) is 5.21. The molecule has 4 heteroatoms. The van der Waals surface area contributed by atoms with E-state index in [-0.39, 0.29) is 6.29 Å². The minimum atomic E-state index is -2.01. The fourth-order valence-electron chi connectivity index (χ4n) is 0. The Morgan fingerprint density at radius 3 is 1.83 bits per heavy atom. The van der Waals surface area contributed by atoms with Crippen molar-refractivity contribution in [2.75, 3.05) is 0 Å². The molecule has 0 aliphatic heterocycles. The fourth-order valence-corrected chi connectivity index (χ4v) is 0. The number of carbonyl (C=O) groups is 1. The Labute approximate surface area is 51.2 Å². The second kappa shape index (κ2) is 2.02. The molecule has 0 saturated carbocycles. The van der Waals surface area contributed by atoms with E-state index in [1.165, 1.54) is 0 Å². The number of hydrogen-bond acceptors (Lipinski definition) is 1. The Kier molecular flexibility index (Phi) is 2.21. The molecule has 0 aromatic rings. The average Bonchev–Trinajstić information content (AvgIpc) is 1.35. The van der Waals surface area contributed by atoms with Gasteiger partial charge in [-0.25, -0.2) is 4.39 Å². The molecule has 1 nitrogen and oxygen atoms in total. The molecule has 0 rings (SSSR count). The third kappa shape index (κ3) is 4.56. The number of alkyl halides is 3. The topological polar surface area (TPSA) is 17.1 Å². The van der Waals surface area contributed by atoms with Gasteiger partial charge in [0.15, 0.2) is 6.29 Å². The van der Waals surface area contributed by atoms with Crippen molar-refractivity contribution in [1.82, 2.24) is 0 Å². The van der Waals surface area contributed by atoms with Crippen LogP contribution in [0.15, 0.2) is 0 Å². The predicted molar refractivity (Wildman–Crippen MR) is 27.8 cm³/mol. The van der Waals surface area contributed by atoms with Crippen molar-refractivity contribution in [3.05, 3.63) is 0 Å². The van der Waals surface area contributed by atoms with Crippen molar-refractivity contribution in [1.29, 1.82) is 0 Å². The second-order valence-electron chi connectivity index (χ2n) is 0.659. The monoisotopic (exact) mass is 218 g/mol. The molecule has 0 bridgehead atoms. The highest BCUT2D eigenvalue weighted by atomic mass is 79.9. The van der Waals surface area contributed by atoms with Crippen LogP contribution in [0.1, 0.15) is 0 Å². The Bertz CT molecular complexity index is 57.1. The molecule has 0 radical (unpaired) electrons. The van der Waals surface area contributed by atoms with Crippen molar-refractivity contribution in [3.63, 3.8) is 0 Å². The van der Waals surface area contributed by atoms with Crippen LogP contribution in [0.3, 0.4) is 0 Å². The molecular weight excluding hydrogens is 219 g/mol. The van der Waals surface area contributed by atoms with Gasteiger partial charge in [0.2, 0.25) is 0 Å². The summed E-state index contributed by atoms with van der Waals surface area (Å²) in [5.41, 5.74) is 0. The van der Waals surface area contributed by atoms with Crippen LogP contribution >= 0.6 is 31.9 Å². The summed E-state index contributed by atoms with van der Waals surface area (Å²) in [7, 11) is 0. The minimum absolute atomic E-state index is 0.104. The standard InChI is InChI=1S/C2HBr2FO/c3-2(4,5)1-6/h1H. The lowest BCUT2D eigenvalue weighted by atomic mass is 10.9. The maximum Gasteiger partial charge on any atom is 0.273 e. The van der Waals surface area contributed by atoms with Gasteiger partial charge >= 0.3 is 0 Å². The van der Waals surface area contributed by atoms with Gasteiger partial charge in [-0.05, 0) is 31.9 Å². The third-order valence-electron chi connectivity index (χ3n) is 0.134. The summed E-state index contributed by atoms with van der Waals surface area (Å²) in [5.74, 6) is 0. The predicted octanol–water partition coefficient (Wildman–Crippen LogP) is 1.60. The largest absolute Gasteiger partial charge is 0.298 e. The molecule has 0 aliphatic rings. The number of rotatable bonds is 1. The van der Waals surface area contributed by atoms with E-state index >= 15 is 0 Å². The highest BCUT2D eigenvalue weighted by molar-refractivity contribution is 9.25. The smallest absolute Gasteiger partial charge is 0.273 e. The number of carbonyl (C=O) groups excluding carboxylic acids is 1. The van der Waals surface area contributed by atoms with Crippen LogP contribution in [-0.2, 0) is 4.79 Å². The maximum atomic E-state index is 11.6. The summed E-state index contributed by atoms with van der Waals surface area (Å²) >= 11 is 4.72. The third-order valence-corrected chi connectivity index (χ3v) is 0.507. The molecule has 0 spiro atoms. The highest BCUT2D eigenvalue weighted by Crippen LogP contribution is 2.23. The quantitative estimate of drug-likeness (QED) is 0.484. The molecule has 0 fully saturated rings. The maximum absolute atomic E-state index is 11.6. The zero-order valence-corrected chi connectivity index (χ0v) is 5.79. The second-order valence-corrected chi connectivity index (χ2v) is 4.03. The summed E-state index contributed by atoms with van der Waals surface area (Å²) in [6.07, 6.45) is 0.104. The Morgan fingerprint density at radius 1 is 1.67 bits per heavy atom. The van der Waals surface area contributed by atoms with E-state index in [9.17, 15) is 9.18 Å². The lowest BCUT2D eigenvalue weighted by molar-refractivity contribution is -0.110. The van der Waals surface area contributed by atoms with Crippen LogP contribution in [0.2, 0.25) is 0 Å². The van der Waals surface area contributed by atoms with Gasteiger partial charge in [-0.15, -0.1) is 0 Å². The van der Waals surface area contributed by atoms with E-state index in [2.05, 4.69) is 31.9 Å². The van der Waals surface area contributed by atoms with E-state index in [0.717, 1.165) is 0 Å². The van der Waals surface area contributed by atoms with Gasteiger partial charge in [0, 0.05) is 0 Å². The summed E-state index contributed by atoms with van der Waals surface area (Å²) in [6, 6.07) is 0. The molecular formula is C2HBr2FO. The lowest BCUT2D eigenvalue weighted by Crippen LogP contribution is -2.00. The molecule has 0 aliphatic carbocycles. The van der Waals surface area contributed by atoms with E-state index in [1.54, 1.807) is 0 Å². The summed E-state index contributed by atoms with van der Waals surface area (Å²) in [6.45, 7) is 0. The summed E-state index contributed by atoms with van der Waals surface area (Å²) < 4.78 is 9.57. The van der Waals surface area contributed by atoms with Crippen molar-refractivity contribution in [2.45, 2.75) is 3.49 Å². The first kappa shape index (κ1) is 6.56. The first-order chi connectivity index (χ1) is 2.56. The summed E-state index contributed by atoms with van der Waals surface area (Å²) in [4.78, 5) is 9.36. The Morgan fingerprint density at radius 2 is 1.83 bits per heavy atom. The SMILES string of the molecule is O=CC(F)(Br)Br. The van der Waals surface area contributed by atoms with Gasteiger partial charge in [0.05, 0.1) is 0 Å². The van der Waals surface area contributed by atoms with E-state index in [4.69, 9.17) is 0 Å². The molecule has 0 heterocycles. The number of aldehydes is 1. The molecule has 36 valence electrons. The van der Waals surface area contributed by atoms with Crippen molar-refractivity contribution >= 4 is 38.1 Å². The molecule has 0 aromatic carbocycles. The Balaban J connectivity index is 3.45.